The summed E-state index contributed by atoms with van der Waals surface area (Å²) in [6, 6.07) is 6.94. The Morgan fingerprint density at radius 2 is 1.86 bits per heavy atom. The standard InChI is InChI=1S/C15H21FN2OS.ClH/c16-11-1-7-14(8-2-11)20-10-9-15(19)18-13-5-3-12(17)4-6-13;/h1-2,7-8,12-13H,3-6,9-10,17H2,(H,18,19);1H. The van der Waals surface area contributed by atoms with Crippen LogP contribution in [0.4, 0.5) is 4.39 Å². The molecule has 3 N–H and O–H groups in total. The highest BCUT2D eigenvalue weighted by atomic mass is 35.5. The van der Waals surface area contributed by atoms with Crippen LogP contribution in [-0.2, 0) is 4.79 Å². The highest BCUT2D eigenvalue weighted by Gasteiger charge is 2.19. The molecule has 1 aromatic carbocycles. The predicted molar refractivity (Wildman–Crippen MR) is 87.4 cm³/mol. The zero-order valence-corrected chi connectivity index (χ0v) is 13.5. The van der Waals surface area contributed by atoms with Crippen LogP contribution < -0.4 is 11.1 Å². The summed E-state index contributed by atoms with van der Waals surface area (Å²) in [6.07, 6.45) is 4.45. The molecule has 0 unspecified atom stereocenters. The molecule has 2 rings (SSSR count). The molecule has 3 nitrogen and oxygen atoms in total. The van der Waals surface area contributed by atoms with E-state index in [1.54, 1.807) is 23.9 Å². The normalized spacial score (nSPS) is 21.4. The third-order valence-electron chi connectivity index (χ3n) is 3.55. The first-order valence-corrected chi connectivity index (χ1v) is 8.05. The molecule has 1 saturated carbocycles. The van der Waals surface area contributed by atoms with E-state index in [0.29, 0.717) is 18.2 Å². The van der Waals surface area contributed by atoms with Crippen molar-refractivity contribution in [1.29, 1.82) is 0 Å². The first kappa shape index (κ1) is 18.3. The van der Waals surface area contributed by atoms with Gasteiger partial charge in [0.25, 0.3) is 0 Å². The van der Waals surface area contributed by atoms with Crippen LogP contribution in [0.15, 0.2) is 29.2 Å². The van der Waals surface area contributed by atoms with Gasteiger partial charge < -0.3 is 11.1 Å². The van der Waals surface area contributed by atoms with Crippen molar-refractivity contribution in [3.63, 3.8) is 0 Å². The number of carbonyl (C=O) groups is 1. The van der Waals surface area contributed by atoms with Crippen molar-refractivity contribution in [2.75, 3.05) is 5.75 Å². The quantitative estimate of drug-likeness (QED) is 0.815. The Morgan fingerprint density at radius 3 is 2.48 bits per heavy atom. The Morgan fingerprint density at radius 1 is 1.24 bits per heavy atom. The maximum absolute atomic E-state index is 12.7. The Kier molecular flexibility index (Phi) is 8.07. The van der Waals surface area contributed by atoms with E-state index in [9.17, 15) is 9.18 Å². The fourth-order valence-electron chi connectivity index (χ4n) is 2.36. The second kappa shape index (κ2) is 9.28. The topological polar surface area (TPSA) is 55.1 Å². The van der Waals surface area contributed by atoms with Crippen LogP contribution in [0, 0.1) is 5.82 Å². The van der Waals surface area contributed by atoms with Gasteiger partial charge in [-0.3, -0.25) is 4.79 Å². The van der Waals surface area contributed by atoms with Gasteiger partial charge in [0.05, 0.1) is 0 Å². The lowest BCUT2D eigenvalue weighted by atomic mass is 9.92. The van der Waals surface area contributed by atoms with Crippen LogP contribution in [0.3, 0.4) is 0 Å². The number of halogens is 2. The van der Waals surface area contributed by atoms with Crippen LogP contribution in [0.2, 0.25) is 0 Å². The van der Waals surface area contributed by atoms with E-state index in [4.69, 9.17) is 5.73 Å². The lowest BCUT2D eigenvalue weighted by molar-refractivity contribution is -0.121. The van der Waals surface area contributed by atoms with Crippen molar-refractivity contribution in [1.82, 2.24) is 5.32 Å². The smallest absolute Gasteiger partial charge is 0.221 e. The molecule has 0 heterocycles. The first-order valence-electron chi connectivity index (χ1n) is 7.07. The van der Waals surface area contributed by atoms with E-state index in [1.165, 1.54) is 12.1 Å². The molecular formula is C15H22ClFN2OS. The van der Waals surface area contributed by atoms with E-state index in [-0.39, 0.29) is 30.2 Å². The Hall–Kier alpha value is -0.780. The van der Waals surface area contributed by atoms with Gasteiger partial charge >= 0.3 is 0 Å². The number of amides is 1. The molecule has 6 heteroatoms. The molecular weight excluding hydrogens is 311 g/mol. The minimum Gasteiger partial charge on any atom is -0.353 e. The maximum Gasteiger partial charge on any atom is 0.221 e. The Labute approximate surface area is 135 Å². The molecule has 118 valence electrons. The summed E-state index contributed by atoms with van der Waals surface area (Å²) in [6.45, 7) is 0. The average Bonchev–Trinajstić information content (AvgIpc) is 2.44. The molecule has 1 aliphatic carbocycles. The van der Waals surface area contributed by atoms with Gasteiger partial charge in [-0.05, 0) is 49.9 Å². The van der Waals surface area contributed by atoms with Gasteiger partial charge in [-0.25, -0.2) is 4.39 Å². The van der Waals surface area contributed by atoms with Gasteiger partial charge in [0.15, 0.2) is 0 Å². The molecule has 1 fully saturated rings. The monoisotopic (exact) mass is 332 g/mol. The number of benzene rings is 1. The number of hydrogen-bond acceptors (Lipinski definition) is 3. The van der Waals surface area contributed by atoms with Crippen LogP contribution in [0.1, 0.15) is 32.1 Å². The predicted octanol–water partition coefficient (Wildman–Crippen LogP) is 3.12. The summed E-state index contributed by atoms with van der Waals surface area (Å²) in [5, 5.41) is 3.07. The number of nitrogens with two attached hydrogens (primary N) is 1. The van der Waals surface area contributed by atoms with Crippen molar-refractivity contribution in [2.24, 2.45) is 5.73 Å². The van der Waals surface area contributed by atoms with E-state index in [2.05, 4.69) is 5.32 Å². The minimum absolute atomic E-state index is 0. The molecule has 1 aliphatic rings. The zero-order chi connectivity index (χ0) is 14.4. The summed E-state index contributed by atoms with van der Waals surface area (Å²) in [7, 11) is 0. The fraction of sp³-hybridized carbons (Fsp3) is 0.533. The van der Waals surface area contributed by atoms with Crippen LogP contribution in [0.5, 0.6) is 0 Å². The fourth-order valence-corrected chi connectivity index (χ4v) is 3.21. The zero-order valence-electron chi connectivity index (χ0n) is 11.9. The van der Waals surface area contributed by atoms with E-state index in [0.717, 1.165) is 30.6 Å². The Balaban J connectivity index is 0.00000220. The summed E-state index contributed by atoms with van der Waals surface area (Å²) in [5.41, 5.74) is 5.84. The molecule has 0 spiro atoms. The van der Waals surface area contributed by atoms with Crippen molar-refractivity contribution in [2.45, 2.75) is 49.1 Å². The molecule has 0 radical (unpaired) electrons. The number of thioether (sulfide) groups is 1. The molecule has 0 aromatic heterocycles. The van der Waals surface area contributed by atoms with Crippen LogP contribution in [-0.4, -0.2) is 23.7 Å². The SMILES string of the molecule is Cl.NC1CCC(NC(=O)CCSc2ccc(F)cc2)CC1. The third-order valence-corrected chi connectivity index (χ3v) is 4.56. The second-order valence-electron chi connectivity index (χ2n) is 5.23. The highest BCUT2D eigenvalue weighted by Crippen LogP contribution is 2.20. The molecule has 0 aliphatic heterocycles. The van der Waals surface area contributed by atoms with Crippen molar-refractivity contribution in [3.8, 4) is 0 Å². The molecule has 1 aromatic rings. The van der Waals surface area contributed by atoms with E-state index >= 15 is 0 Å². The molecule has 21 heavy (non-hydrogen) atoms. The summed E-state index contributed by atoms with van der Waals surface area (Å²) in [5.74, 6) is 0.576. The van der Waals surface area contributed by atoms with Crippen molar-refractivity contribution >= 4 is 30.1 Å². The average molecular weight is 333 g/mol. The molecule has 0 bridgehead atoms. The lowest BCUT2D eigenvalue weighted by Gasteiger charge is -2.26. The lowest BCUT2D eigenvalue weighted by Crippen LogP contribution is -2.40. The van der Waals surface area contributed by atoms with Gasteiger partial charge in [-0.1, -0.05) is 0 Å². The van der Waals surface area contributed by atoms with Gasteiger partial charge in [-0.2, -0.15) is 0 Å². The summed E-state index contributed by atoms with van der Waals surface area (Å²) in [4.78, 5) is 12.8. The maximum atomic E-state index is 12.7. The number of rotatable bonds is 5. The number of hydrogen-bond donors (Lipinski definition) is 2. The van der Waals surface area contributed by atoms with E-state index < -0.39 is 0 Å². The molecule has 0 saturated heterocycles. The van der Waals surface area contributed by atoms with Crippen molar-refractivity contribution in [3.05, 3.63) is 30.1 Å². The first-order chi connectivity index (χ1) is 9.63. The van der Waals surface area contributed by atoms with Crippen LogP contribution >= 0.6 is 24.2 Å². The molecule has 0 atom stereocenters. The molecule has 1 amide bonds. The van der Waals surface area contributed by atoms with Gasteiger partial charge in [0.1, 0.15) is 5.82 Å². The summed E-state index contributed by atoms with van der Waals surface area (Å²) < 4.78 is 12.7. The van der Waals surface area contributed by atoms with E-state index in [1.807, 2.05) is 0 Å². The minimum atomic E-state index is -0.234. The van der Waals surface area contributed by atoms with Crippen molar-refractivity contribution < 1.29 is 9.18 Å². The van der Waals surface area contributed by atoms with Gasteiger partial charge in [0, 0.05) is 29.2 Å². The van der Waals surface area contributed by atoms with Crippen LogP contribution in [0.25, 0.3) is 0 Å². The van der Waals surface area contributed by atoms with Gasteiger partial charge in [0.2, 0.25) is 5.91 Å². The van der Waals surface area contributed by atoms with Gasteiger partial charge in [-0.15, -0.1) is 24.2 Å². The second-order valence-corrected chi connectivity index (χ2v) is 6.40. The number of carbonyl (C=O) groups excluding carboxylic acids is 1. The highest BCUT2D eigenvalue weighted by molar-refractivity contribution is 7.99. The Bertz CT molecular complexity index is 436. The largest absolute Gasteiger partial charge is 0.353 e. The summed E-state index contributed by atoms with van der Waals surface area (Å²) >= 11 is 1.57. The number of nitrogens with one attached hydrogen (secondary N) is 1. The third kappa shape index (κ3) is 6.68.